The highest BCUT2D eigenvalue weighted by Crippen LogP contribution is 2.36. The summed E-state index contributed by atoms with van der Waals surface area (Å²) in [7, 11) is 3.39. The second-order valence-corrected chi connectivity index (χ2v) is 4.53. The molecule has 1 aromatic carbocycles. The van der Waals surface area contributed by atoms with Gasteiger partial charge in [-0.1, -0.05) is 13.0 Å². The number of hydrogen-bond donors (Lipinski definition) is 1. The van der Waals surface area contributed by atoms with E-state index in [1.807, 2.05) is 25.1 Å². The summed E-state index contributed by atoms with van der Waals surface area (Å²) in [6.07, 6.45) is 2.00. The molecule has 0 heterocycles. The Hall–Kier alpha value is -1.26. The second-order valence-electron chi connectivity index (χ2n) is 4.53. The third-order valence-corrected chi connectivity index (χ3v) is 3.25. The first-order chi connectivity index (χ1) is 9.78. The molecule has 20 heavy (non-hydrogen) atoms. The van der Waals surface area contributed by atoms with Crippen molar-refractivity contribution in [2.45, 2.75) is 32.7 Å². The van der Waals surface area contributed by atoms with E-state index in [1.165, 1.54) is 0 Å². The van der Waals surface area contributed by atoms with Crippen molar-refractivity contribution in [2.75, 3.05) is 34.0 Å². The number of hydrogen-bond acceptors (Lipinski definition) is 4. The maximum atomic E-state index is 5.49. The first-order valence-electron chi connectivity index (χ1n) is 7.30. The highest BCUT2D eigenvalue weighted by Gasteiger charge is 2.19. The monoisotopic (exact) mass is 281 g/mol. The van der Waals surface area contributed by atoms with Crippen LogP contribution in [0.15, 0.2) is 18.2 Å². The lowest BCUT2D eigenvalue weighted by Crippen LogP contribution is -2.22. The highest BCUT2D eigenvalue weighted by atomic mass is 16.5. The Morgan fingerprint density at radius 2 is 1.75 bits per heavy atom. The van der Waals surface area contributed by atoms with E-state index in [1.54, 1.807) is 14.2 Å². The summed E-state index contributed by atoms with van der Waals surface area (Å²) in [6.45, 7) is 6.59. The molecule has 1 N–H and O–H groups in total. The van der Waals surface area contributed by atoms with E-state index in [4.69, 9.17) is 14.2 Å². The van der Waals surface area contributed by atoms with Crippen molar-refractivity contribution in [3.05, 3.63) is 23.8 Å². The summed E-state index contributed by atoms with van der Waals surface area (Å²) < 4.78 is 16.4. The molecule has 0 aliphatic carbocycles. The molecule has 1 rings (SSSR count). The van der Waals surface area contributed by atoms with Crippen LogP contribution in [0.1, 0.15) is 38.3 Å². The summed E-state index contributed by atoms with van der Waals surface area (Å²) in [4.78, 5) is 0. The lowest BCUT2D eigenvalue weighted by molar-refractivity contribution is 0.140. The molecular formula is C16H27NO3. The smallest absolute Gasteiger partial charge is 0.127 e. The lowest BCUT2D eigenvalue weighted by Gasteiger charge is -2.23. The Balaban J connectivity index is 2.88. The molecule has 0 saturated heterocycles. The molecule has 0 aliphatic rings. The van der Waals surface area contributed by atoms with Gasteiger partial charge < -0.3 is 19.5 Å². The van der Waals surface area contributed by atoms with E-state index >= 15 is 0 Å². The van der Waals surface area contributed by atoms with Gasteiger partial charge in [-0.2, -0.15) is 0 Å². The van der Waals surface area contributed by atoms with Crippen LogP contribution in [-0.4, -0.2) is 34.0 Å². The Bertz CT molecular complexity index is 360. The van der Waals surface area contributed by atoms with Gasteiger partial charge in [0.2, 0.25) is 0 Å². The summed E-state index contributed by atoms with van der Waals surface area (Å²) >= 11 is 0. The molecule has 0 aliphatic heterocycles. The Morgan fingerprint density at radius 3 is 2.25 bits per heavy atom. The van der Waals surface area contributed by atoms with Gasteiger partial charge >= 0.3 is 0 Å². The average Bonchev–Trinajstić information content (AvgIpc) is 2.49. The van der Waals surface area contributed by atoms with Gasteiger partial charge in [0.1, 0.15) is 11.5 Å². The molecule has 0 fully saturated rings. The first kappa shape index (κ1) is 16.8. The molecule has 4 heteroatoms. The summed E-state index contributed by atoms with van der Waals surface area (Å²) in [6, 6.07) is 6.12. The van der Waals surface area contributed by atoms with Gasteiger partial charge in [0.05, 0.1) is 19.8 Å². The molecule has 114 valence electrons. The van der Waals surface area contributed by atoms with Crippen molar-refractivity contribution in [1.29, 1.82) is 0 Å². The van der Waals surface area contributed by atoms with E-state index in [0.717, 1.165) is 49.7 Å². The fraction of sp³-hybridized carbons (Fsp3) is 0.625. The van der Waals surface area contributed by atoms with Crippen molar-refractivity contribution in [2.24, 2.45) is 0 Å². The van der Waals surface area contributed by atoms with Crippen molar-refractivity contribution in [3.63, 3.8) is 0 Å². The minimum atomic E-state index is 0.214. The normalized spacial score (nSPS) is 12.2. The number of benzene rings is 1. The van der Waals surface area contributed by atoms with E-state index in [0.29, 0.717) is 0 Å². The van der Waals surface area contributed by atoms with Crippen molar-refractivity contribution >= 4 is 0 Å². The number of methoxy groups -OCH3 is 2. The molecule has 0 radical (unpaired) electrons. The summed E-state index contributed by atoms with van der Waals surface area (Å²) in [5.41, 5.74) is 1.09. The van der Waals surface area contributed by atoms with Gasteiger partial charge in [-0.15, -0.1) is 0 Å². The number of ether oxygens (including phenoxy) is 3. The third-order valence-electron chi connectivity index (χ3n) is 3.25. The zero-order chi connectivity index (χ0) is 14.8. The molecule has 0 bridgehead atoms. The van der Waals surface area contributed by atoms with Gasteiger partial charge in [-0.05, 0) is 38.4 Å². The molecule has 0 spiro atoms. The average molecular weight is 281 g/mol. The maximum Gasteiger partial charge on any atom is 0.127 e. The Labute approximate surface area is 122 Å². The molecule has 1 aromatic rings. The Morgan fingerprint density at radius 1 is 1.10 bits per heavy atom. The van der Waals surface area contributed by atoms with Crippen LogP contribution in [0, 0.1) is 0 Å². The van der Waals surface area contributed by atoms with Crippen LogP contribution in [-0.2, 0) is 4.74 Å². The summed E-state index contributed by atoms with van der Waals surface area (Å²) in [5, 5.41) is 3.51. The van der Waals surface area contributed by atoms with Crippen LogP contribution in [0.2, 0.25) is 0 Å². The van der Waals surface area contributed by atoms with Crippen LogP contribution in [0.5, 0.6) is 11.5 Å². The SMILES string of the molecule is CCNC(CCCOCC)c1c(OC)cccc1OC. The fourth-order valence-corrected chi connectivity index (χ4v) is 2.35. The molecule has 1 atom stereocenters. The minimum Gasteiger partial charge on any atom is -0.496 e. The van der Waals surface area contributed by atoms with Crippen LogP contribution in [0.25, 0.3) is 0 Å². The standard InChI is InChI=1S/C16H27NO3/c1-5-17-13(9-8-12-20-6-2)16-14(18-3)10-7-11-15(16)19-4/h7,10-11,13,17H,5-6,8-9,12H2,1-4H3. The largest absolute Gasteiger partial charge is 0.496 e. The third kappa shape index (κ3) is 4.69. The van der Waals surface area contributed by atoms with Crippen LogP contribution in [0.4, 0.5) is 0 Å². The van der Waals surface area contributed by atoms with Gasteiger partial charge in [0, 0.05) is 19.3 Å². The number of nitrogens with one attached hydrogen (secondary N) is 1. The van der Waals surface area contributed by atoms with Crippen molar-refractivity contribution < 1.29 is 14.2 Å². The fourth-order valence-electron chi connectivity index (χ4n) is 2.35. The zero-order valence-corrected chi connectivity index (χ0v) is 13.1. The maximum absolute atomic E-state index is 5.49. The molecule has 0 amide bonds. The summed E-state index contributed by atoms with van der Waals surface area (Å²) in [5.74, 6) is 1.73. The van der Waals surface area contributed by atoms with E-state index < -0.39 is 0 Å². The molecule has 1 unspecified atom stereocenters. The van der Waals surface area contributed by atoms with Gasteiger partial charge in [0.25, 0.3) is 0 Å². The van der Waals surface area contributed by atoms with E-state index in [-0.39, 0.29) is 6.04 Å². The predicted octanol–water partition coefficient (Wildman–Crippen LogP) is 3.17. The van der Waals surface area contributed by atoms with E-state index in [2.05, 4.69) is 12.2 Å². The predicted molar refractivity (Wildman–Crippen MR) is 81.7 cm³/mol. The van der Waals surface area contributed by atoms with Crippen molar-refractivity contribution in [1.82, 2.24) is 5.32 Å². The Kier molecular flexibility index (Phi) is 8.07. The minimum absolute atomic E-state index is 0.214. The zero-order valence-electron chi connectivity index (χ0n) is 13.1. The topological polar surface area (TPSA) is 39.7 Å². The second kappa shape index (κ2) is 9.61. The lowest BCUT2D eigenvalue weighted by atomic mass is 9.99. The molecular weight excluding hydrogens is 254 g/mol. The van der Waals surface area contributed by atoms with Crippen molar-refractivity contribution in [3.8, 4) is 11.5 Å². The van der Waals surface area contributed by atoms with Gasteiger partial charge in [-0.3, -0.25) is 0 Å². The van der Waals surface area contributed by atoms with Crippen LogP contribution < -0.4 is 14.8 Å². The van der Waals surface area contributed by atoms with E-state index in [9.17, 15) is 0 Å². The molecule has 0 saturated carbocycles. The van der Waals surface area contributed by atoms with Crippen LogP contribution >= 0.6 is 0 Å². The highest BCUT2D eigenvalue weighted by molar-refractivity contribution is 5.47. The quantitative estimate of drug-likeness (QED) is 0.669. The molecule has 4 nitrogen and oxygen atoms in total. The molecule has 0 aromatic heterocycles. The first-order valence-corrected chi connectivity index (χ1v) is 7.30. The van der Waals surface area contributed by atoms with Crippen LogP contribution in [0.3, 0.4) is 0 Å². The van der Waals surface area contributed by atoms with Gasteiger partial charge in [-0.25, -0.2) is 0 Å². The number of rotatable bonds is 10. The van der Waals surface area contributed by atoms with Gasteiger partial charge in [0.15, 0.2) is 0 Å².